The van der Waals surface area contributed by atoms with Crippen LogP contribution in [0.1, 0.15) is 35.4 Å². The third kappa shape index (κ3) is 2.91. The summed E-state index contributed by atoms with van der Waals surface area (Å²) in [6.07, 6.45) is 4.66. The topological polar surface area (TPSA) is 71.7 Å². The summed E-state index contributed by atoms with van der Waals surface area (Å²) in [5.74, 6) is -0.190. The van der Waals surface area contributed by atoms with Crippen LogP contribution in [0, 0.1) is 5.41 Å². The van der Waals surface area contributed by atoms with E-state index in [0.717, 1.165) is 31.4 Å². The van der Waals surface area contributed by atoms with Crippen molar-refractivity contribution in [3.05, 3.63) is 23.7 Å². The summed E-state index contributed by atoms with van der Waals surface area (Å²) in [6.45, 7) is 1.67. The zero-order chi connectivity index (χ0) is 13.0. The molecule has 2 N–H and O–H groups in total. The van der Waals surface area contributed by atoms with Crippen molar-refractivity contribution in [2.75, 3.05) is 20.3 Å². The Bertz CT molecular complexity index is 409. The number of carbonyl (C=O) groups excluding carboxylic acids is 1. The van der Waals surface area contributed by atoms with Gasteiger partial charge in [-0.05, 0) is 30.7 Å². The predicted octanol–water partition coefficient (Wildman–Crippen LogP) is 1.32. The summed E-state index contributed by atoms with van der Waals surface area (Å²) in [4.78, 5) is 11.4. The molecule has 2 rings (SSSR count). The SMILES string of the molecule is COC(=O)c1occc1CNCC1(CCO)CC1. The van der Waals surface area contributed by atoms with Gasteiger partial charge in [-0.1, -0.05) is 0 Å². The van der Waals surface area contributed by atoms with Gasteiger partial charge in [-0.3, -0.25) is 0 Å². The van der Waals surface area contributed by atoms with Crippen LogP contribution in [0.15, 0.2) is 16.7 Å². The lowest BCUT2D eigenvalue weighted by atomic mass is 10.0. The second-order valence-electron chi connectivity index (χ2n) is 4.84. The fourth-order valence-electron chi connectivity index (χ4n) is 2.14. The molecule has 1 aromatic heterocycles. The standard InChI is InChI=1S/C13H19NO4/c1-17-12(16)11-10(2-7-18-11)8-14-9-13(3-4-13)5-6-15/h2,7,14-15H,3-6,8-9H2,1H3. The highest BCUT2D eigenvalue weighted by molar-refractivity contribution is 5.87. The molecule has 1 aliphatic carbocycles. The fourth-order valence-corrected chi connectivity index (χ4v) is 2.14. The number of ether oxygens (including phenoxy) is 1. The molecule has 100 valence electrons. The highest BCUT2D eigenvalue weighted by atomic mass is 16.5. The highest BCUT2D eigenvalue weighted by Crippen LogP contribution is 2.47. The van der Waals surface area contributed by atoms with Gasteiger partial charge >= 0.3 is 5.97 Å². The summed E-state index contributed by atoms with van der Waals surface area (Å²) < 4.78 is 9.75. The molecule has 0 atom stereocenters. The Balaban J connectivity index is 1.84. The van der Waals surface area contributed by atoms with Crippen LogP contribution in [0.25, 0.3) is 0 Å². The van der Waals surface area contributed by atoms with E-state index >= 15 is 0 Å². The molecule has 1 aliphatic rings. The lowest BCUT2D eigenvalue weighted by Gasteiger charge is -2.14. The van der Waals surface area contributed by atoms with Crippen LogP contribution in [-0.2, 0) is 11.3 Å². The number of hydrogen-bond donors (Lipinski definition) is 2. The summed E-state index contributed by atoms with van der Waals surface area (Å²) in [7, 11) is 1.34. The number of carbonyl (C=O) groups is 1. The lowest BCUT2D eigenvalue weighted by Crippen LogP contribution is -2.25. The Hall–Kier alpha value is -1.33. The van der Waals surface area contributed by atoms with Crippen LogP contribution in [0.3, 0.4) is 0 Å². The molecule has 0 unspecified atom stereocenters. The Morgan fingerprint density at radius 1 is 1.61 bits per heavy atom. The normalized spacial score (nSPS) is 16.6. The number of furan rings is 1. The number of methoxy groups -OCH3 is 1. The lowest BCUT2D eigenvalue weighted by molar-refractivity contribution is 0.0563. The maximum absolute atomic E-state index is 11.4. The van der Waals surface area contributed by atoms with E-state index in [4.69, 9.17) is 9.52 Å². The van der Waals surface area contributed by atoms with Gasteiger partial charge in [0.05, 0.1) is 13.4 Å². The summed E-state index contributed by atoms with van der Waals surface area (Å²) in [5.41, 5.74) is 1.07. The minimum atomic E-state index is -0.451. The van der Waals surface area contributed by atoms with Crippen LogP contribution in [-0.4, -0.2) is 31.3 Å². The quantitative estimate of drug-likeness (QED) is 0.717. The molecule has 0 aliphatic heterocycles. The first kappa shape index (κ1) is 13.1. The Labute approximate surface area is 106 Å². The minimum absolute atomic E-state index is 0.237. The van der Waals surface area contributed by atoms with Gasteiger partial charge in [0.25, 0.3) is 0 Å². The van der Waals surface area contributed by atoms with E-state index < -0.39 is 5.97 Å². The number of aliphatic hydroxyl groups is 1. The largest absolute Gasteiger partial charge is 0.463 e. The molecule has 18 heavy (non-hydrogen) atoms. The van der Waals surface area contributed by atoms with E-state index in [9.17, 15) is 4.79 Å². The first-order valence-corrected chi connectivity index (χ1v) is 6.17. The zero-order valence-electron chi connectivity index (χ0n) is 10.6. The van der Waals surface area contributed by atoms with Gasteiger partial charge in [-0.15, -0.1) is 0 Å². The molecular formula is C13H19NO4. The number of esters is 1. The molecular weight excluding hydrogens is 234 g/mol. The molecule has 1 aromatic rings. The summed E-state index contributed by atoms with van der Waals surface area (Å²) in [5, 5.41) is 12.3. The second-order valence-corrected chi connectivity index (χ2v) is 4.84. The molecule has 5 heteroatoms. The molecule has 1 heterocycles. The van der Waals surface area contributed by atoms with Gasteiger partial charge in [0.15, 0.2) is 0 Å². The molecule has 1 fully saturated rings. The number of hydrogen-bond acceptors (Lipinski definition) is 5. The highest BCUT2D eigenvalue weighted by Gasteiger charge is 2.41. The first-order chi connectivity index (χ1) is 8.71. The third-order valence-corrected chi connectivity index (χ3v) is 3.53. The molecule has 0 amide bonds. The molecule has 0 saturated heterocycles. The van der Waals surface area contributed by atoms with Crippen LogP contribution in [0.2, 0.25) is 0 Å². The van der Waals surface area contributed by atoms with Gasteiger partial charge in [-0.2, -0.15) is 0 Å². The van der Waals surface area contributed by atoms with E-state index in [-0.39, 0.29) is 17.8 Å². The molecule has 0 radical (unpaired) electrons. The fraction of sp³-hybridized carbons (Fsp3) is 0.615. The summed E-state index contributed by atoms with van der Waals surface area (Å²) in [6, 6.07) is 1.77. The Kier molecular flexibility index (Phi) is 4.04. The summed E-state index contributed by atoms with van der Waals surface area (Å²) >= 11 is 0. The molecule has 0 bridgehead atoms. The van der Waals surface area contributed by atoms with Crippen LogP contribution < -0.4 is 5.32 Å². The van der Waals surface area contributed by atoms with Crippen molar-refractivity contribution in [3.8, 4) is 0 Å². The van der Waals surface area contributed by atoms with Crippen molar-refractivity contribution in [1.82, 2.24) is 5.32 Å². The van der Waals surface area contributed by atoms with Crippen molar-refractivity contribution >= 4 is 5.97 Å². The average molecular weight is 253 g/mol. The van der Waals surface area contributed by atoms with Crippen LogP contribution >= 0.6 is 0 Å². The average Bonchev–Trinajstić information content (AvgIpc) is 2.97. The maximum atomic E-state index is 11.4. The zero-order valence-corrected chi connectivity index (χ0v) is 10.6. The predicted molar refractivity (Wildman–Crippen MR) is 65.1 cm³/mol. The van der Waals surface area contributed by atoms with Gasteiger partial charge in [0.1, 0.15) is 0 Å². The second kappa shape index (κ2) is 5.54. The van der Waals surface area contributed by atoms with E-state index in [1.807, 2.05) is 0 Å². The van der Waals surface area contributed by atoms with Gasteiger partial charge in [0.2, 0.25) is 5.76 Å². The maximum Gasteiger partial charge on any atom is 0.374 e. The number of rotatable bonds is 7. The number of nitrogens with one attached hydrogen (secondary N) is 1. The van der Waals surface area contributed by atoms with E-state index in [2.05, 4.69) is 10.1 Å². The van der Waals surface area contributed by atoms with Crippen LogP contribution in [0.4, 0.5) is 0 Å². The van der Waals surface area contributed by atoms with Crippen molar-refractivity contribution in [2.45, 2.75) is 25.8 Å². The first-order valence-electron chi connectivity index (χ1n) is 6.17. The smallest absolute Gasteiger partial charge is 0.374 e. The van der Waals surface area contributed by atoms with E-state index in [1.54, 1.807) is 6.07 Å². The Morgan fingerprint density at radius 2 is 2.39 bits per heavy atom. The van der Waals surface area contributed by atoms with Crippen molar-refractivity contribution < 1.29 is 19.1 Å². The Morgan fingerprint density at radius 3 is 3.00 bits per heavy atom. The van der Waals surface area contributed by atoms with Crippen molar-refractivity contribution in [2.24, 2.45) is 5.41 Å². The molecule has 5 nitrogen and oxygen atoms in total. The van der Waals surface area contributed by atoms with Crippen LogP contribution in [0.5, 0.6) is 0 Å². The van der Waals surface area contributed by atoms with Gasteiger partial charge < -0.3 is 19.6 Å². The van der Waals surface area contributed by atoms with Crippen molar-refractivity contribution in [3.63, 3.8) is 0 Å². The van der Waals surface area contributed by atoms with E-state index in [1.165, 1.54) is 13.4 Å². The monoisotopic (exact) mass is 253 g/mol. The van der Waals surface area contributed by atoms with Gasteiger partial charge in [0, 0.05) is 25.3 Å². The van der Waals surface area contributed by atoms with Crippen molar-refractivity contribution in [1.29, 1.82) is 0 Å². The molecule has 1 saturated carbocycles. The molecule has 0 aromatic carbocycles. The minimum Gasteiger partial charge on any atom is -0.463 e. The number of aliphatic hydroxyl groups excluding tert-OH is 1. The third-order valence-electron chi connectivity index (χ3n) is 3.53. The molecule has 0 spiro atoms. The van der Waals surface area contributed by atoms with E-state index in [0.29, 0.717) is 6.54 Å². The van der Waals surface area contributed by atoms with Gasteiger partial charge in [-0.25, -0.2) is 4.79 Å².